The van der Waals surface area contributed by atoms with E-state index < -0.39 is 5.97 Å². The Morgan fingerprint density at radius 1 is 1.03 bits per heavy atom. The molecule has 4 heterocycles. The fourth-order valence-electron chi connectivity index (χ4n) is 3.83. The molecule has 0 aliphatic heterocycles. The Morgan fingerprint density at radius 2 is 1.85 bits per heavy atom. The van der Waals surface area contributed by atoms with Gasteiger partial charge in [-0.3, -0.25) is 8.97 Å². The standard InChI is InChI=1S/C24H21N5O4/c1-3-27-18-8-7-14-25-21(18)29(24(27)31)16-10-12-17(13-11-16)33-22-20(23(30)32-4-2)28-15-6-5-9-19(28)26-22/h5-15H,3-4H2,1-2H3. The second-order valence-electron chi connectivity index (χ2n) is 7.22. The summed E-state index contributed by atoms with van der Waals surface area (Å²) in [7, 11) is 0. The van der Waals surface area contributed by atoms with Crippen LogP contribution in [0.25, 0.3) is 22.5 Å². The molecule has 1 aromatic carbocycles. The van der Waals surface area contributed by atoms with Crippen molar-refractivity contribution < 1.29 is 14.3 Å². The van der Waals surface area contributed by atoms with E-state index in [9.17, 15) is 9.59 Å². The van der Waals surface area contributed by atoms with Crippen molar-refractivity contribution in [1.29, 1.82) is 0 Å². The molecule has 0 aliphatic carbocycles. The molecule has 0 atom stereocenters. The highest BCUT2D eigenvalue weighted by Gasteiger charge is 2.22. The highest BCUT2D eigenvalue weighted by Crippen LogP contribution is 2.27. The lowest BCUT2D eigenvalue weighted by Crippen LogP contribution is -2.22. The van der Waals surface area contributed by atoms with Crippen molar-refractivity contribution in [2.45, 2.75) is 20.4 Å². The van der Waals surface area contributed by atoms with Crippen LogP contribution in [0.15, 0.2) is 71.8 Å². The van der Waals surface area contributed by atoms with E-state index in [0.29, 0.717) is 29.3 Å². The number of carbonyl (C=O) groups is 1. The number of hydrogen-bond donors (Lipinski definition) is 0. The van der Waals surface area contributed by atoms with Crippen LogP contribution in [-0.2, 0) is 11.3 Å². The van der Waals surface area contributed by atoms with Gasteiger partial charge in [-0.15, -0.1) is 0 Å². The van der Waals surface area contributed by atoms with Gasteiger partial charge in [0, 0.05) is 18.9 Å². The number of carbonyl (C=O) groups excluding carboxylic acids is 1. The van der Waals surface area contributed by atoms with E-state index in [4.69, 9.17) is 9.47 Å². The van der Waals surface area contributed by atoms with E-state index in [2.05, 4.69) is 9.97 Å². The van der Waals surface area contributed by atoms with Gasteiger partial charge in [0.05, 0.1) is 17.8 Å². The Labute approximate surface area is 188 Å². The Bertz CT molecular complexity index is 1530. The minimum absolute atomic E-state index is 0.147. The number of benzene rings is 1. The fourth-order valence-corrected chi connectivity index (χ4v) is 3.83. The van der Waals surface area contributed by atoms with Gasteiger partial charge in [0.25, 0.3) is 5.88 Å². The highest BCUT2D eigenvalue weighted by molar-refractivity contribution is 5.91. The van der Waals surface area contributed by atoms with Crippen molar-refractivity contribution in [2.24, 2.45) is 0 Å². The van der Waals surface area contributed by atoms with Crippen molar-refractivity contribution >= 4 is 22.8 Å². The van der Waals surface area contributed by atoms with E-state index >= 15 is 0 Å². The van der Waals surface area contributed by atoms with Crippen molar-refractivity contribution in [1.82, 2.24) is 23.5 Å². The summed E-state index contributed by atoms with van der Waals surface area (Å²) in [5.74, 6) is 0.0922. The lowest BCUT2D eigenvalue weighted by Gasteiger charge is -2.08. The molecule has 0 N–H and O–H groups in total. The molecule has 0 radical (unpaired) electrons. The first-order valence-corrected chi connectivity index (χ1v) is 10.6. The molecular formula is C24H21N5O4. The van der Waals surface area contributed by atoms with Crippen LogP contribution in [0, 0.1) is 0 Å². The quantitative estimate of drug-likeness (QED) is 0.371. The largest absolute Gasteiger partial charge is 0.461 e. The van der Waals surface area contributed by atoms with Gasteiger partial charge in [0.1, 0.15) is 11.4 Å². The molecular weight excluding hydrogens is 422 g/mol. The van der Waals surface area contributed by atoms with Gasteiger partial charge in [-0.05, 0) is 62.4 Å². The lowest BCUT2D eigenvalue weighted by molar-refractivity contribution is 0.0515. The molecule has 33 heavy (non-hydrogen) atoms. The van der Waals surface area contributed by atoms with Crippen LogP contribution in [0.5, 0.6) is 11.6 Å². The fraction of sp³-hybridized carbons (Fsp3) is 0.167. The summed E-state index contributed by atoms with van der Waals surface area (Å²) in [6, 6.07) is 16.1. The third-order valence-electron chi connectivity index (χ3n) is 5.28. The number of aromatic nitrogens is 5. The first-order chi connectivity index (χ1) is 16.1. The first kappa shape index (κ1) is 20.5. The lowest BCUT2D eigenvalue weighted by atomic mass is 10.3. The Hall–Kier alpha value is -4.40. The predicted octanol–water partition coefficient (Wildman–Crippen LogP) is 3.82. The Morgan fingerprint density at radius 3 is 2.61 bits per heavy atom. The van der Waals surface area contributed by atoms with Crippen molar-refractivity contribution in [3.05, 3.63) is 83.2 Å². The van der Waals surface area contributed by atoms with E-state index in [-0.39, 0.29) is 23.9 Å². The van der Waals surface area contributed by atoms with Crippen LogP contribution >= 0.6 is 0 Å². The average molecular weight is 443 g/mol. The molecule has 9 nitrogen and oxygen atoms in total. The summed E-state index contributed by atoms with van der Waals surface area (Å²) in [4.78, 5) is 34.3. The SMILES string of the molecule is CCOC(=O)c1c(Oc2ccc(-n3c(=O)n(CC)c4cccnc43)cc2)nc2ccccn12. The van der Waals surface area contributed by atoms with Crippen molar-refractivity contribution in [2.75, 3.05) is 6.61 Å². The monoisotopic (exact) mass is 443 g/mol. The van der Waals surface area contributed by atoms with Crippen LogP contribution in [0.3, 0.4) is 0 Å². The molecule has 4 aromatic heterocycles. The van der Waals surface area contributed by atoms with Crippen molar-refractivity contribution in [3.63, 3.8) is 0 Å². The molecule has 9 heteroatoms. The number of ether oxygens (including phenoxy) is 2. The molecule has 0 fully saturated rings. The topological polar surface area (TPSA) is 92.6 Å². The summed E-state index contributed by atoms with van der Waals surface area (Å²) in [6.07, 6.45) is 3.39. The minimum atomic E-state index is -0.521. The summed E-state index contributed by atoms with van der Waals surface area (Å²) < 4.78 is 16.0. The number of rotatable bonds is 6. The molecule has 0 bridgehead atoms. The van der Waals surface area contributed by atoms with Gasteiger partial charge in [0.2, 0.25) is 0 Å². The number of esters is 1. The van der Waals surface area contributed by atoms with E-state index in [1.807, 2.05) is 25.1 Å². The molecule has 0 amide bonds. The van der Waals surface area contributed by atoms with Crippen LogP contribution in [-0.4, -0.2) is 36.1 Å². The zero-order valence-electron chi connectivity index (χ0n) is 18.1. The van der Waals surface area contributed by atoms with Crippen LogP contribution < -0.4 is 10.4 Å². The molecule has 0 saturated heterocycles. The van der Waals surface area contributed by atoms with Gasteiger partial charge >= 0.3 is 11.7 Å². The van der Waals surface area contributed by atoms with E-state index in [0.717, 1.165) is 5.52 Å². The van der Waals surface area contributed by atoms with Gasteiger partial charge in [-0.1, -0.05) is 6.07 Å². The number of pyridine rings is 2. The van der Waals surface area contributed by atoms with E-state index in [1.165, 1.54) is 0 Å². The van der Waals surface area contributed by atoms with Crippen LogP contribution in [0.4, 0.5) is 0 Å². The smallest absolute Gasteiger partial charge is 0.361 e. The zero-order valence-corrected chi connectivity index (χ0v) is 18.1. The first-order valence-electron chi connectivity index (χ1n) is 10.6. The van der Waals surface area contributed by atoms with Gasteiger partial charge in [-0.25, -0.2) is 19.1 Å². The zero-order chi connectivity index (χ0) is 22.9. The second-order valence-corrected chi connectivity index (χ2v) is 7.22. The second kappa shape index (κ2) is 8.27. The van der Waals surface area contributed by atoms with E-state index in [1.54, 1.807) is 69.3 Å². The summed E-state index contributed by atoms with van der Waals surface area (Å²) in [6.45, 7) is 4.44. The Kier molecular flexibility index (Phi) is 5.14. The van der Waals surface area contributed by atoms with Crippen LogP contribution in [0.1, 0.15) is 24.3 Å². The summed E-state index contributed by atoms with van der Waals surface area (Å²) in [5, 5.41) is 0. The van der Waals surface area contributed by atoms with Crippen LogP contribution in [0.2, 0.25) is 0 Å². The maximum absolute atomic E-state index is 13.0. The number of imidazole rings is 2. The maximum atomic E-state index is 13.0. The maximum Gasteiger partial charge on any atom is 0.361 e. The van der Waals surface area contributed by atoms with Gasteiger partial charge in [-0.2, -0.15) is 4.98 Å². The number of fused-ring (bicyclic) bond motifs is 2. The Balaban J connectivity index is 1.53. The normalized spacial score (nSPS) is 11.2. The highest BCUT2D eigenvalue weighted by atomic mass is 16.5. The summed E-state index contributed by atoms with van der Waals surface area (Å²) in [5.41, 5.74) is 2.63. The number of aryl methyl sites for hydroxylation is 1. The minimum Gasteiger partial charge on any atom is -0.461 e. The third kappa shape index (κ3) is 3.43. The van der Waals surface area contributed by atoms with Crippen molar-refractivity contribution in [3.8, 4) is 17.3 Å². The molecule has 0 aliphatic rings. The average Bonchev–Trinajstić information content (AvgIpc) is 3.33. The molecule has 5 rings (SSSR count). The summed E-state index contributed by atoms with van der Waals surface area (Å²) >= 11 is 0. The van der Waals surface area contributed by atoms with Gasteiger partial charge in [0.15, 0.2) is 11.3 Å². The molecule has 5 aromatic rings. The third-order valence-corrected chi connectivity index (χ3v) is 5.28. The molecule has 166 valence electrons. The molecule has 0 saturated carbocycles. The number of nitrogens with zero attached hydrogens (tertiary/aromatic N) is 5. The van der Waals surface area contributed by atoms with Gasteiger partial charge < -0.3 is 9.47 Å². The molecule has 0 unspecified atom stereocenters. The number of hydrogen-bond acceptors (Lipinski definition) is 6. The predicted molar refractivity (Wildman–Crippen MR) is 122 cm³/mol. The molecule has 0 spiro atoms.